The van der Waals surface area contributed by atoms with Crippen molar-refractivity contribution in [2.75, 3.05) is 33.3 Å². The lowest BCUT2D eigenvalue weighted by molar-refractivity contribution is 0.199. The zero-order valence-corrected chi connectivity index (χ0v) is 14.8. The number of rotatable bonds is 7. The molecule has 1 atom stereocenters. The van der Waals surface area contributed by atoms with E-state index in [2.05, 4.69) is 39.1 Å². The van der Waals surface area contributed by atoms with Crippen LogP contribution < -0.4 is 10.1 Å². The number of methoxy groups -OCH3 is 1. The fourth-order valence-corrected chi connectivity index (χ4v) is 3.52. The Morgan fingerprint density at radius 1 is 1.43 bits per heavy atom. The van der Waals surface area contributed by atoms with Crippen LogP contribution in [0.5, 0.6) is 5.75 Å². The van der Waals surface area contributed by atoms with E-state index in [9.17, 15) is 0 Å². The van der Waals surface area contributed by atoms with E-state index in [0.29, 0.717) is 0 Å². The average molecular weight is 355 g/mol. The van der Waals surface area contributed by atoms with E-state index < -0.39 is 0 Å². The molecule has 1 aromatic rings. The number of ether oxygens (including phenoxy) is 1. The van der Waals surface area contributed by atoms with Crippen molar-refractivity contribution in [3.8, 4) is 5.75 Å². The molecule has 4 heteroatoms. The quantitative estimate of drug-likeness (QED) is 0.808. The van der Waals surface area contributed by atoms with Crippen LogP contribution in [-0.4, -0.2) is 38.2 Å². The van der Waals surface area contributed by atoms with Gasteiger partial charge in [-0.1, -0.05) is 22.9 Å². The Hall–Kier alpha value is -0.580. The van der Waals surface area contributed by atoms with Crippen molar-refractivity contribution in [3.05, 3.63) is 28.2 Å². The topological polar surface area (TPSA) is 24.5 Å². The summed E-state index contributed by atoms with van der Waals surface area (Å²) in [6, 6.07) is 6.27. The van der Waals surface area contributed by atoms with Crippen LogP contribution in [0.1, 0.15) is 31.7 Å². The summed E-state index contributed by atoms with van der Waals surface area (Å²) < 4.78 is 6.63. The van der Waals surface area contributed by atoms with Crippen LogP contribution in [0.2, 0.25) is 0 Å². The molecule has 0 bridgehead atoms. The maximum atomic E-state index is 5.51. The highest BCUT2D eigenvalue weighted by Crippen LogP contribution is 2.25. The van der Waals surface area contributed by atoms with Crippen molar-refractivity contribution in [1.29, 1.82) is 0 Å². The van der Waals surface area contributed by atoms with Gasteiger partial charge in [-0.25, -0.2) is 0 Å². The van der Waals surface area contributed by atoms with E-state index in [0.717, 1.165) is 35.8 Å². The maximum Gasteiger partial charge on any atom is 0.123 e. The summed E-state index contributed by atoms with van der Waals surface area (Å²) in [6.45, 7) is 7.89. The number of halogens is 1. The third-order valence-electron chi connectivity index (χ3n) is 4.09. The highest BCUT2D eigenvalue weighted by atomic mass is 79.9. The lowest BCUT2D eigenvalue weighted by atomic mass is 9.98. The molecule has 1 saturated heterocycles. The predicted octanol–water partition coefficient (Wildman–Crippen LogP) is 3.67. The van der Waals surface area contributed by atoms with E-state index in [1.54, 1.807) is 7.11 Å². The molecule has 118 valence electrons. The number of piperidine rings is 1. The molecule has 0 spiro atoms. The molecule has 0 aromatic heterocycles. The molecule has 0 radical (unpaired) electrons. The normalized spacial score (nSPS) is 19.0. The van der Waals surface area contributed by atoms with Gasteiger partial charge in [0.15, 0.2) is 0 Å². The first kappa shape index (κ1) is 16.8. The minimum Gasteiger partial charge on any atom is -0.496 e. The molecule has 0 amide bonds. The summed E-state index contributed by atoms with van der Waals surface area (Å²) >= 11 is 3.57. The van der Waals surface area contributed by atoms with Crippen molar-refractivity contribution < 1.29 is 4.74 Å². The van der Waals surface area contributed by atoms with Crippen molar-refractivity contribution in [3.63, 3.8) is 0 Å². The molecule has 21 heavy (non-hydrogen) atoms. The Kier molecular flexibility index (Phi) is 7.00. The molecule has 1 aliphatic rings. The summed E-state index contributed by atoms with van der Waals surface area (Å²) in [5, 5.41) is 3.52. The summed E-state index contributed by atoms with van der Waals surface area (Å²) in [5.74, 6) is 1.77. The lowest BCUT2D eigenvalue weighted by Crippen LogP contribution is -2.38. The van der Waals surface area contributed by atoms with E-state index in [1.807, 2.05) is 12.1 Å². The third-order valence-corrected chi connectivity index (χ3v) is 4.58. The number of nitrogens with zero attached hydrogens (tertiary/aromatic N) is 1. The Morgan fingerprint density at radius 3 is 2.95 bits per heavy atom. The highest BCUT2D eigenvalue weighted by Gasteiger charge is 2.18. The molecular formula is C17H27BrN2O. The van der Waals surface area contributed by atoms with Crippen LogP contribution in [-0.2, 0) is 6.54 Å². The van der Waals surface area contributed by atoms with Gasteiger partial charge >= 0.3 is 0 Å². The maximum absolute atomic E-state index is 5.51. The Bertz CT molecular complexity index is 433. The summed E-state index contributed by atoms with van der Waals surface area (Å²) in [6.07, 6.45) is 3.85. The molecular weight excluding hydrogens is 328 g/mol. The molecule has 0 aliphatic carbocycles. The van der Waals surface area contributed by atoms with Crippen molar-refractivity contribution in [2.24, 2.45) is 5.92 Å². The van der Waals surface area contributed by atoms with Crippen molar-refractivity contribution in [1.82, 2.24) is 10.2 Å². The standard InChI is InChI=1S/C17H27BrN2O/c1-3-9-20(12-14-5-4-8-19-11-14)13-15-10-16(18)6-7-17(15)21-2/h6-7,10,14,19H,3-5,8-9,11-13H2,1-2H3. The summed E-state index contributed by atoms with van der Waals surface area (Å²) in [4.78, 5) is 2.57. The first-order chi connectivity index (χ1) is 10.2. The van der Waals surface area contributed by atoms with Gasteiger partial charge < -0.3 is 10.1 Å². The zero-order valence-electron chi connectivity index (χ0n) is 13.2. The second-order valence-corrected chi connectivity index (χ2v) is 6.82. The van der Waals surface area contributed by atoms with Crippen molar-refractivity contribution >= 4 is 15.9 Å². The first-order valence-corrected chi connectivity index (χ1v) is 8.77. The number of hydrogen-bond donors (Lipinski definition) is 1. The first-order valence-electron chi connectivity index (χ1n) is 7.98. The number of hydrogen-bond acceptors (Lipinski definition) is 3. The molecule has 3 nitrogen and oxygen atoms in total. The predicted molar refractivity (Wildman–Crippen MR) is 91.9 cm³/mol. The molecule has 0 saturated carbocycles. The van der Waals surface area contributed by atoms with Gasteiger partial charge in [-0.2, -0.15) is 0 Å². The van der Waals surface area contributed by atoms with Gasteiger partial charge in [-0.15, -0.1) is 0 Å². The molecule has 1 N–H and O–H groups in total. The van der Waals surface area contributed by atoms with E-state index >= 15 is 0 Å². The fraction of sp³-hybridized carbons (Fsp3) is 0.647. The molecule has 1 fully saturated rings. The van der Waals surface area contributed by atoms with Crippen molar-refractivity contribution in [2.45, 2.75) is 32.7 Å². The Balaban J connectivity index is 2.02. The van der Waals surface area contributed by atoms with E-state index in [4.69, 9.17) is 4.74 Å². The monoisotopic (exact) mass is 354 g/mol. The molecule has 1 unspecified atom stereocenters. The molecule has 2 rings (SSSR count). The van der Waals surface area contributed by atoms with Crippen LogP contribution in [0.15, 0.2) is 22.7 Å². The van der Waals surface area contributed by atoms with Gasteiger partial charge in [0.2, 0.25) is 0 Å². The summed E-state index contributed by atoms with van der Waals surface area (Å²) in [5.41, 5.74) is 1.27. The van der Waals surface area contributed by atoms with Gasteiger partial charge in [0.25, 0.3) is 0 Å². The Morgan fingerprint density at radius 2 is 2.29 bits per heavy atom. The average Bonchev–Trinajstić information content (AvgIpc) is 2.49. The zero-order chi connectivity index (χ0) is 15.1. The van der Waals surface area contributed by atoms with Crippen LogP contribution in [0.3, 0.4) is 0 Å². The van der Waals surface area contributed by atoms with Crippen LogP contribution in [0, 0.1) is 5.92 Å². The van der Waals surface area contributed by atoms with E-state index in [-0.39, 0.29) is 0 Å². The van der Waals surface area contributed by atoms with Gasteiger partial charge in [0.1, 0.15) is 5.75 Å². The Labute approximate surface area is 137 Å². The minimum atomic E-state index is 0.781. The van der Waals surface area contributed by atoms with Crippen LogP contribution >= 0.6 is 15.9 Å². The van der Waals surface area contributed by atoms with Crippen LogP contribution in [0.25, 0.3) is 0 Å². The highest BCUT2D eigenvalue weighted by molar-refractivity contribution is 9.10. The van der Waals surface area contributed by atoms with Crippen LogP contribution in [0.4, 0.5) is 0 Å². The largest absolute Gasteiger partial charge is 0.496 e. The minimum absolute atomic E-state index is 0.781. The van der Waals surface area contributed by atoms with Gasteiger partial charge in [-0.3, -0.25) is 4.90 Å². The van der Waals surface area contributed by atoms with Gasteiger partial charge in [-0.05, 0) is 63.0 Å². The van der Waals surface area contributed by atoms with Gasteiger partial charge in [0.05, 0.1) is 7.11 Å². The van der Waals surface area contributed by atoms with Gasteiger partial charge in [0, 0.05) is 23.1 Å². The number of nitrogens with one attached hydrogen (secondary N) is 1. The summed E-state index contributed by atoms with van der Waals surface area (Å²) in [7, 11) is 1.75. The smallest absolute Gasteiger partial charge is 0.123 e. The fourth-order valence-electron chi connectivity index (χ4n) is 3.11. The third kappa shape index (κ3) is 5.28. The lowest BCUT2D eigenvalue weighted by Gasteiger charge is -2.30. The second-order valence-electron chi connectivity index (χ2n) is 5.90. The van der Waals surface area contributed by atoms with E-state index in [1.165, 1.54) is 37.9 Å². The molecule has 1 heterocycles. The molecule has 1 aromatic carbocycles. The number of benzene rings is 1. The molecule has 1 aliphatic heterocycles. The second kappa shape index (κ2) is 8.76. The SMILES string of the molecule is CCCN(Cc1cc(Br)ccc1OC)CC1CCCNC1.